The van der Waals surface area contributed by atoms with Crippen LogP contribution in [0.2, 0.25) is 0 Å². The van der Waals surface area contributed by atoms with Crippen LogP contribution in [0.25, 0.3) is 0 Å². The van der Waals surface area contributed by atoms with Gasteiger partial charge in [-0.2, -0.15) is 13.7 Å². The van der Waals surface area contributed by atoms with E-state index in [9.17, 15) is 8.42 Å². The lowest BCUT2D eigenvalue weighted by Gasteiger charge is -2.03. The van der Waals surface area contributed by atoms with Crippen LogP contribution in [0.5, 0.6) is 0 Å². The minimum Gasteiger partial charge on any atom is -0.263 e. The molecule has 2 aromatic carbocycles. The molecule has 0 aromatic heterocycles. The first-order valence-electron chi connectivity index (χ1n) is 6.19. The molecule has 0 aliphatic carbocycles. The third-order valence-corrected chi connectivity index (χ3v) is 4.51. The maximum Gasteiger partial charge on any atom is 0.358 e. The lowest BCUT2D eigenvalue weighted by Crippen LogP contribution is -2.06. The van der Waals surface area contributed by atoms with Crippen LogP contribution < -0.4 is 0 Å². The van der Waals surface area contributed by atoms with Crippen LogP contribution in [-0.2, 0) is 19.7 Å². The Kier molecular flexibility index (Phi) is 5.31. The maximum absolute atomic E-state index is 12.0. The molecule has 0 spiro atoms. The largest absolute Gasteiger partial charge is 0.358 e. The van der Waals surface area contributed by atoms with E-state index in [1.54, 1.807) is 42.5 Å². The number of nitriles is 1. The highest BCUT2D eigenvalue weighted by Gasteiger charge is 2.16. The van der Waals surface area contributed by atoms with E-state index in [0.29, 0.717) is 10.9 Å². The molecule has 2 rings (SSSR count). The van der Waals surface area contributed by atoms with Crippen LogP contribution in [0, 0.1) is 11.3 Å². The lowest BCUT2D eigenvalue weighted by molar-refractivity contribution is 0.339. The average molecular weight is 379 g/mol. The maximum atomic E-state index is 12.0. The number of nitrogens with zero attached hydrogens (tertiary/aromatic N) is 2. The molecule has 7 heteroatoms. The molecule has 0 saturated carbocycles. The van der Waals surface area contributed by atoms with Crippen LogP contribution in [0.15, 0.2) is 64.6 Å². The van der Waals surface area contributed by atoms with Crippen LogP contribution >= 0.6 is 15.9 Å². The number of alkyl halides is 1. The highest BCUT2D eigenvalue weighted by Crippen LogP contribution is 2.15. The summed E-state index contributed by atoms with van der Waals surface area (Å²) >= 11 is 3.28. The Hall–Kier alpha value is -2.17. The highest BCUT2D eigenvalue weighted by molar-refractivity contribution is 9.08. The van der Waals surface area contributed by atoms with E-state index in [1.807, 2.05) is 6.07 Å². The lowest BCUT2D eigenvalue weighted by atomic mass is 10.1. The highest BCUT2D eigenvalue weighted by atomic mass is 79.9. The molecule has 112 valence electrons. The van der Waals surface area contributed by atoms with Crippen LogP contribution in [0.3, 0.4) is 0 Å². The number of hydrogen-bond donors (Lipinski definition) is 0. The van der Waals surface area contributed by atoms with Gasteiger partial charge in [0.05, 0.1) is 0 Å². The Morgan fingerprint density at radius 2 is 1.77 bits per heavy atom. The van der Waals surface area contributed by atoms with Crippen LogP contribution in [0.1, 0.15) is 11.1 Å². The number of oxime groups is 1. The van der Waals surface area contributed by atoms with Gasteiger partial charge in [0, 0.05) is 10.9 Å². The summed E-state index contributed by atoms with van der Waals surface area (Å²) in [5.41, 5.74) is 1.31. The van der Waals surface area contributed by atoms with Gasteiger partial charge in [-0.05, 0) is 17.7 Å². The smallest absolute Gasteiger partial charge is 0.263 e. The zero-order valence-electron chi connectivity index (χ0n) is 11.3. The molecule has 22 heavy (non-hydrogen) atoms. The van der Waals surface area contributed by atoms with E-state index < -0.39 is 10.1 Å². The van der Waals surface area contributed by atoms with E-state index in [-0.39, 0.29) is 10.6 Å². The number of halogens is 1. The minimum absolute atomic E-state index is 0.0219. The van der Waals surface area contributed by atoms with Crippen molar-refractivity contribution in [2.45, 2.75) is 10.2 Å². The first-order valence-corrected chi connectivity index (χ1v) is 8.72. The third kappa shape index (κ3) is 3.93. The predicted molar refractivity (Wildman–Crippen MR) is 85.9 cm³/mol. The molecule has 0 unspecified atom stereocenters. The number of hydrogen-bond acceptors (Lipinski definition) is 5. The summed E-state index contributed by atoms with van der Waals surface area (Å²) in [6, 6.07) is 16.5. The number of rotatable bonds is 5. The first kappa shape index (κ1) is 16.2. The molecule has 5 nitrogen and oxygen atoms in total. The standard InChI is InChI=1S/C15H11BrN2O3S/c16-10-12-6-8-14(9-7-12)22(19,20)21-18-15(11-17)13-4-2-1-3-5-13/h1-9H,10H2/b18-15+. The summed E-state index contributed by atoms with van der Waals surface area (Å²) in [5, 5.41) is 13.1. The molecule has 0 heterocycles. The van der Waals surface area contributed by atoms with Crippen molar-refractivity contribution in [1.82, 2.24) is 0 Å². The molecule has 0 atom stereocenters. The second kappa shape index (κ2) is 7.20. The van der Waals surface area contributed by atoms with Gasteiger partial charge < -0.3 is 0 Å². The summed E-state index contributed by atoms with van der Waals surface area (Å²) in [5.74, 6) is 0. The van der Waals surface area contributed by atoms with Gasteiger partial charge in [-0.1, -0.05) is 63.6 Å². The predicted octanol–water partition coefficient (Wildman–Crippen LogP) is 3.21. The van der Waals surface area contributed by atoms with E-state index in [2.05, 4.69) is 25.4 Å². The van der Waals surface area contributed by atoms with Crippen LogP contribution in [0.4, 0.5) is 0 Å². The summed E-state index contributed by atoms with van der Waals surface area (Å²) in [4.78, 5) is -0.0219. The third-order valence-electron chi connectivity index (χ3n) is 2.75. The summed E-state index contributed by atoms with van der Waals surface area (Å²) in [6.07, 6.45) is 0. The second-order valence-electron chi connectivity index (χ2n) is 4.22. The molecule has 0 bridgehead atoms. The van der Waals surface area contributed by atoms with Crippen molar-refractivity contribution in [2.75, 3.05) is 0 Å². The Bertz CT molecular complexity index is 810. The molecule has 0 aliphatic rings. The minimum atomic E-state index is -4.05. The van der Waals surface area contributed by atoms with Crippen molar-refractivity contribution < 1.29 is 12.7 Å². The fraction of sp³-hybridized carbons (Fsp3) is 0.0667. The molecular weight excluding hydrogens is 368 g/mol. The van der Waals surface area contributed by atoms with E-state index in [1.165, 1.54) is 12.1 Å². The Balaban J connectivity index is 2.24. The normalized spacial score (nSPS) is 11.7. The molecule has 2 aromatic rings. The molecule has 0 amide bonds. The van der Waals surface area contributed by atoms with Crippen molar-refractivity contribution in [2.24, 2.45) is 5.16 Å². The van der Waals surface area contributed by atoms with Crippen molar-refractivity contribution in [3.05, 3.63) is 65.7 Å². The zero-order valence-corrected chi connectivity index (χ0v) is 13.7. The molecule has 0 N–H and O–H groups in total. The molecule has 0 radical (unpaired) electrons. The fourth-order valence-corrected chi connectivity index (χ4v) is 2.71. The van der Waals surface area contributed by atoms with Crippen molar-refractivity contribution >= 4 is 31.8 Å². The van der Waals surface area contributed by atoms with Crippen molar-refractivity contribution in [3.8, 4) is 6.07 Å². The topological polar surface area (TPSA) is 79.5 Å². The average Bonchev–Trinajstić information content (AvgIpc) is 2.56. The Morgan fingerprint density at radius 1 is 1.14 bits per heavy atom. The Morgan fingerprint density at radius 3 is 2.32 bits per heavy atom. The van der Waals surface area contributed by atoms with Gasteiger partial charge in [-0.25, -0.2) is 0 Å². The van der Waals surface area contributed by atoms with Gasteiger partial charge in [-0.15, -0.1) is 0 Å². The van der Waals surface area contributed by atoms with E-state index in [4.69, 9.17) is 5.26 Å². The van der Waals surface area contributed by atoms with Gasteiger partial charge >= 0.3 is 10.1 Å². The van der Waals surface area contributed by atoms with Gasteiger partial charge in [-0.3, -0.25) is 4.28 Å². The van der Waals surface area contributed by atoms with E-state index >= 15 is 0 Å². The summed E-state index contributed by atoms with van der Waals surface area (Å²) in [7, 11) is -4.05. The van der Waals surface area contributed by atoms with Gasteiger partial charge in [0.25, 0.3) is 0 Å². The zero-order chi connectivity index (χ0) is 16.0. The van der Waals surface area contributed by atoms with Crippen molar-refractivity contribution in [1.29, 1.82) is 5.26 Å². The molecular formula is C15H11BrN2O3S. The van der Waals surface area contributed by atoms with Gasteiger partial charge in [0.2, 0.25) is 0 Å². The van der Waals surface area contributed by atoms with Gasteiger partial charge in [0.1, 0.15) is 11.0 Å². The summed E-state index contributed by atoms with van der Waals surface area (Å²) < 4.78 is 28.7. The number of benzene rings is 2. The fourth-order valence-electron chi connectivity index (χ4n) is 1.61. The summed E-state index contributed by atoms with van der Waals surface area (Å²) in [6.45, 7) is 0. The molecule has 0 fully saturated rings. The molecule has 0 saturated heterocycles. The van der Waals surface area contributed by atoms with Gasteiger partial charge in [0.15, 0.2) is 5.71 Å². The Labute approximate surface area is 137 Å². The van der Waals surface area contributed by atoms with E-state index in [0.717, 1.165) is 5.56 Å². The second-order valence-corrected chi connectivity index (χ2v) is 6.31. The van der Waals surface area contributed by atoms with Crippen molar-refractivity contribution in [3.63, 3.8) is 0 Å². The molecule has 0 aliphatic heterocycles. The SMILES string of the molecule is N#C/C(=N\OS(=O)(=O)c1ccc(CBr)cc1)c1ccccc1. The monoisotopic (exact) mass is 378 g/mol. The van der Waals surface area contributed by atoms with Crippen LogP contribution in [-0.4, -0.2) is 14.1 Å². The quantitative estimate of drug-likeness (QED) is 0.454. The first-order chi connectivity index (χ1) is 10.6.